The van der Waals surface area contributed by atoms with Gasteiger partial charge in [-0.2, -0.15) is 0 Å². The Hall–Kier alpha value is -0.590. The third-order valence-corrected chi connectivity index (χ3v) is 8.02. The Kier molecular flexibility index (Phi) is 6.91. The molecule has 2 fully saturated rings. The van der Waals surface area contributed by atoms with Crippen LogP contribution in [0.4, 0.5) is 0 Å². The van der Waals surface area contributed by atoms with Gasteiger partial charge < -0.3 is 9.80 Å². The van der Waals surface area contributed by atoms with Crippen LogP contribution >= 0.6 is 23.1 Å². The lowest BCUT2D eigenvalue weighted by Crippen LogP contribution is -2.35. The summed E-state index contributed by atoms with van der Waals surface area (Å²) in [6.45, 7) is 15.7. The molecule has 0 aliphatic carbocycles. The normalized spacial score (nSPS) is 23.0. The van der Waals surface area contributed by atoms with Gasteiger partial charge in [-0.25, -0.2) is 4.98 Å². The summed E-state index contributed by atoms with van der Waals surface area (Å²) in [7, 11) is 0. The third kappa shape index (κ3) is 5.70. The summed E-state index contributed by atoms with van der Waals surface area (Å²) in [5.74, 6) is 2.22. The highest BCUT2D eigenvalue weighted by Crippen LogP contribution is 2.43. The number of piperidine rings is 1. The maximum absolute atomic E-state index is 12.4. The van der Waals surface area contributed by atoms with Gasteiger partial charge in [-0.1, -0.05) is 34.6 Å². The molecule has 2 saturated heterocycles. The number of aromatic nitrogens is 1. The van der Waals surface area contributed by atoms with Crippen molar-refractivity contribution in [2.24, 2.45) is 11.3 Å². The molecule has 3 rings (SSSR count). The zero-order valence-electron chi connectivity index (χ0n) is 17.5. The number of amides is 1. The van der Waals surface area contributed by atoms with Gasteiger partial charge >= 0.3 is 0 Å². The average Bonchev–Trinajstić information content (AvgIpc) is 3.19. The average molecular weight is 410 g/mol. The smallest absolute Gasteiger partial charge is 0.233 e. The van der Waals surface area contributed by atoms with E-state index in [1.165, 1.54) is 42.4 Å². The van der Waals surface area contributed by atoms with Crippen LogP contribution in [0, 0.1) is 11.3 Å². The van der Waals surface area contributed by atoms with E-state index in [0.29, 0.717) is 11.7 Å². The van der Waals surface area contributed by atoms with E-state index in [1.807, 2.05) is 17.5 Å². The second-order valence-corrected chi connectivity index (χ2v) is 11.8. The fraction of sp³-hybridized carbons (Fsp3) is 0.810. The van der Waals surface area contributed by atoms with Crippen LogP contribution in [0.3, 0.4) is 0 Å². The van der Waals surface area contributed by atoms with Crippen LogP contribution in [0.1, 0.15) is 75.1 Å². The molecule has 0 N–H and O–H groups in total. The van der Waals surface area contributed by atoms with Crippen LogP contribution in [0.15, 0.2) is 6.20 Å². The standard InChI is InChI=1S/C21H35N3OS2/c1-15(2)13-23-9-6-16(7-10-23)19-22-12-17(27-19)20-24(18(25)14-26-20)11-8-21(3,4)5/h12,15-16,20H,6-11,13-14H2,1-5H3. The van der Waals surface area contributed by atoms with Crippen molar-refractivity contribution >= 4 is 29.0 Å². The molecule has 2 aliphatic rings. The minimum absolute atomic E-state index is 0.173. The van der Waals surface area contributed by atoms with Crippen molar-refractivity contribution in [3.63, 3.8) is 0 Å². The van der Waals surface area contributed by atoms with Crippen molar-refractivity contribution in [3.8, 4) is 0 Å². The fourth-order valence-electron chi connectivity index (χ4n) is 3.87. The molecule has 1 aromatic rings. The molecule has 0 saturated carbocycles. The summed E-state index contributed by atoms with van der Waals surface area (Å²) in [6.07, 6.45) is 5.50. The highest BCUT2D eigenvalue weighted by Gasteiger charge is 2.35. The van der Waals surface area contributed by atoms with E-state index < -0.39 is 0 Å². The van der Waals surface area contributed by atoms with Crippen molar-refractivity contribution in [3.05, 3.63) is 16.1 Å². The Balaban J connectivity index is 1.60. The number of hydrogen-bond acceptors (Lipinski definition) is 5. The molecule has 1 unspecified atom stereocenters. The Bertz CT molecular complexity index is 630. The monoisotopic (exact) mass is 409 g/mol. The summed E-state index contributed by atoms with van der Waals surface area (Å²) in [5, 5.41) is 1.46. The molecule has 0 radical (unpaired) electrons. The van der Waals surface area contributed by atoms with Crippen molar-refractivity contribution in [2.45, 2.75) is 65.2 Å². The molecule has 0 bridgehead atoms. The topological polar surface area (TPSA) is 36.4 Å². The number of carbonyl (C=O) groups excluding carboxylic acids is 1. The van der Waals surface area contributed by atoms with E-state index in [0.717, 1.165) is 18.9 Å². The predicted molar refractivity (Wildman–Crippen MR) is 116 cm³/mol. The number of thioether (sulfide) groups is 1. The Labute approximate surface area is 173 Å². The summed E-state index contributed by atoms with van der Waals surface area (Å²) >= 11 is 3.61. The summed E-state index contributed by atoms with van der Waals surface area (Å²) in [4.78, 5) is 23.1. The lowest BCUT2D eigenvalue weighted by Gasteiger charge is -2.32. The van der Waals surface area contributed by atoms with Gasteiger partial charge in [-0.3, -0.25) is 4.79 Å². The molecule has 1 atom stereocenters. The van der Waals surface area contributed by atoms with Gasteiger partial charge in [0.25, 0.3) is 0 Å². The number of carbonyl (C=O) groups is 1. The third-order valence-electron chi connectivity index (χ3n) is 5.42. The van der Waals surface area contributed by atoms with E-state index in [9.17, 15) is 4.79 Å². The van der Waals surface area contributed by atoms with Gasteiger partial charge in [-0.15, -0.1) is 23.1 Å². The molecule has 152 valence electrons. The van der Waals surface area contributed by atoms with Crippen LogP contribution in [-0.4, -0.2) is 52.6 Å². The van der Waals surface area contributed by atoms with Crippen LogP contribution in [0.2, 0.25) is 0 Å². The molecule has 1 amide bonds. The van der Waals surface area contributed by atoms with Gasteiger partial charge in [0.15, 0.2) is 0 Å². The van der Waals surface area contributed by atoms with Crippen LogP contribution in [0.25, 0.3) is 0 Å². The van der Waals surface area contributed by atoms with Gasteiger partial charge in [0, 0.05) is 25.2 Å². The molecular weight excluding hydrogens is 374 g/mol. The zero-order valence-corrected chi connectivity index (χ0v) is 19.2. The van der Waals surface area contributed by atoms with Crippen LogP contribution in [-0.2, 0) is 4.79 Å². The Morgan fingerprint density at radius 1 is 1.26 bits per heavy atom. The molecule has 1 aromatic heterocycles. The van der Waals surface area contributed by atoms with E-state index in [4.69, 9.17) is 4.98 Å². The summed E-state index contributed by atoms with van der Waals surface area (Å²) < 4.78 is 0. The van der Waals surface area contributed by atoms with Gasteiger partial charge in [-0.05, 0) is 43.7 Å². The van der Waals surface area contributed by atoms with E-state index >= 15 is 0 Å². The molecule has 3 heterocycles. The molecule has 0 spiro atoms. The largest absolute Gasteiger partial charge is 0.325 e. The van der Waals surface area contributed by atoms with Crippen LogP contribution in [0.5, 0.6) is 0 Å². The van der Waals surface area contributed by atoms with Crippen molar-refractivity contribution < 1.29 is 4.79 Å². The minimum Gasteiger partial charge on any atom is -0.325 e. The predicted octanol–water partition coefficient (Wildman–Crippen LogP) is 4.99. The van der Waals surface area contributed by atoms with E-state index in [1.54, 1.807) is 11.8 Å². The number of thiazole rings is 1. The maximum Gasteiger partial charge on any atom is 0.233 e. The second kappa shape index (κ2) is 8.83. The van der Waals surface area contributed by atoms with Crippen molar-refractivity contribution in [1.82, 2.24) is 14.8 Å². The number of nitrogens with zero attached hydrogens (tertiary/aromatic N) is 3. The number of rotatable bonds is 6. The SMILES string of the molecule is CC(C)CN1CCC(c2ncc(C3SCC(=O)N3CCC(C)(C)C)s2)CC1. The number of likely N-dealkylation sites (tertiary alicyclic amines) is 1. The molecule has 4 nitrogen and oxygen atoms in total. The highest BCUT2D eigenvalue weighted by molar-refractivity contribution is 8.00. The minimum atomic E-state index is 0.173. The first-order valence-electron chi connectivity index (χ1n) is 10.3. The zero-order chi connectivity index (χ0) is 19.6. The van der Waals surface area contributed by atoms with Crippen LogP contribution < -0.4 is 0 Å². The fourth-order valence-corrected chi connectivity index (χ4v) is 6.40. The van der Waals surface area contributed by atoms with E-state index in [-0.39, 0.29) is 16.7 Å². The number of hydrogen-bond donors (Lipinski definition) is 0. The summed E-state index contributed by atoms with van der Waals surface area (Å²) in [5.41, 5.74) is 0.251. The first-order chi connectivity index (χ1) is 12.7. The summed E-state index contributed by atoms with van der Waals surface area (Å²) in [6, 6.07) is 0. The van der Waals surface area contributed by atoms with Crippen molar-refractivity contribution in [1.29, 1.82) is 0 Å². The van der Waals surface area contributed by atoms with E-state index in [2.05, 4.69) is 44.4 Å². The quantitative estimate of drug-likeness (QED) is 0.663. The molecular formula is C21H35N3OS2. The second-order valence-electron chi connectivity index (χ2n) is 9.63. The molecule has 6 heteroatoms. The molecule has 0 aromatic carbocycles. The molecule has 2 aliphatic heterocycles. The first kappa shape index (κ1) is 21.1. The highest BCUT2D eigenvalue weighted by atomic mass is 32.2. The maximum atomic E-state index is 12.4. The van der Waals surface area contributed by atoms with Gasteiger partial charge in [0.05, 0.1) is 15.6 Å². The van der Waals surface area contributed by atoms with Gasteiger partial charge in [0.2, 0.25) is 5.91 Å². The Morgan fingerprint density at radius 3 is 2.59 bits per heavy atom. The molecule has 27 heavy (non-hydrogen) atoms. The van der Waals surface area contributed by atoms with Crippen molar-refractivity contribution in [2.75, 3.05) is 31.9 Å². The Morgan fingerprint density at radius 2 is 1.96 bits per heavy atom. The lowest BCUT2D eigenvalue weighted by molar-refractivity contribution is -0.128. The lowest BCUT2D eigenvalue weighted by atomic mass is 9.92. The van der Waals surface area contributed by atoms with Gasteiger partial charge in [0.1, 0.15) is 5.37 Å². The first-order valence-corrected chi connectivity index (χ1v) is 12.2.